The molecule has 3 heterocycles. The molecule has 28 heavy (non-hydrogen) atoms. The van der Waals surface area contributed by atoms with Crippen LogP contribution in [-0.2, 0) is 13.6 Å². The Morgan fingerprint density at radius 2 is 2.25 bits per heavy atom. The molecular weight excluding hydrogens is 485 g/mol. The van der Waals surface area contributed by atoms with Crippen molar-refractivity contribution in [3.8, 4) is 0 Å². The number of aromatic nitrogens is 3. The molecule has 0 radical (unpaired) electrons. The molecule has 2 aromatic heterocycles. The van der Waals surface area contributed by atoms with Crippen molar-refractivity contribution in [2.45, 2.75) is 52.1 Å². The Balaban J connectivity index is 0.00000280. The summed E-state index contributed by atoms with van der Waals surface area (Å²) in [4.78, 5) is 11.8. The molecule has 2 N–H and O–H groups in total. The Hall–Kier alpha value is -1.36. The summed E-state index contributed by atoms with van der Waals surface area (Å²) in [5, 5.41) is 14.6. The molecule has 9 heteroatoms. The van der Waals surface area contributed by atoms with E-state index in [1.165, 1.54) is 10.7 Å². The minimum atomic E-state index is 0. The molecule has 156 valence electrons. The maximum atomic E-state index is 4.76. The van der Waals surface area contributed by atoms with Crippen molar-refractivity contribution in [3.63, 3.8) is 0 Å². The second-order valence-corrected chi connectivity index (χ2v) is 8.22. The molecule has 1 atom stereocenters. The van der Waals surface area contributed by atoms with Crippen molar-refractivity contribution < 1.29 is 0 Å². The van der Waals surface area contributed by atoms with Crippen LogP contribution in [0, 0.1) is 0 Å². The number of aliphatic imine (C=N–C) groups is 1. The van der Waals surface area contributed by atoms with Gasteiger partial charge in [-0.25, -0.2) is 9.98 Å². The molecule has 1 saturated heterocycles. The summed E-state index contributed by atoms with van der Waals surface area (Å²) in [6, 6.07) is 0.374. The fourth-order valence-corrected chi connectivity index (χ4v) is 4.06. The molecule has 0 amide bonds. The molecule has 7 nitrogen and oxygen atoms in total. The number of hydrogen-bond donors (Lipinski definition) is 2. The van der Waals surface area contributed by atoms with E-state index in [1.807, 2.05) is 17.9 Å². The van der Waals surface area contributed by atoms with Gasteiger partial charge in [0.1, 0.15) is 0 Å². The smallest absolute Gasteiger partial charge is 0.191 e. The van der Waals surface area contributed by atoms with Crippen LogP contribution in [0.2, 0.25) is 0 Å². The van der Waals surface area contributed by atoms with E-state index >= 15 is 0 Å². The topological polar surface area (TPSA) is 70.4 Å². The van der Waals surface area contributed by atoms with E-state index in [2.05, 4.69) is 58.0 Å². The normalized spacial score (nSPS) is 17.5. The summed E-state index contributed by atoms with van der Waals surface area (Å²) >= 11 is 1.72. The zero-order chi connectivity index (χ0) is 19.2. The van der Waals surface area contributed by atoms with Crippen molar-refractivity contribution in [1.29, 1.82) is 0 Å². The maximum Gasteiger partial charge on any atom is 0.191 e. The lowest BCUT2D eigenvalue weighted by Gasteiger charge is -2.34. The summed E-state index contributed by atoms with van der Waals surface area (Å²) in [7, 11) is 1.96. The van der Waals surface area contributed by atoms with Crippen molar-refractivity contribution in [2.24, 2.45) is 12.0 Å². The molecular formula is C19H32IN7S. The van der Waals surface area contributed by atoms with Crippen LogP contribution in [0.15, 0.2) is 22.8 Å². The first-order valence-corrected chi connectivity index (χ1v) is 10.7. The van der Waals surface area contributed by atoms with Gasteiger partial charge in [-0.2, -0.15) is 5.10 Å². The number of thiazole rings is 1. The Bertz CT molecular complexity index is 755. The quantitative estimate of drug-likeness (QED) is 0.350. The molecule has 2 aromatic rings. The Morgan fingerprint density at radius 3 is 2.89 bits per heavy atom. The molecule has 0 bridgehead atoms. The minimum Gasteiger partial charge on any atom is -0.367 e. The number of anilines is 1. The van der Waals surface area contributed by atoms with Gasteiger partial charge >= 0.3 is 0 Å². The number of hydrogen-bond acceptors (Lipinski definition) is 5. The van der Waals surface area contributed by atoms with Crippen LogP contribution in [0.25, 0.3) is 0 Å². The van der Waals surface area contributed by atoms with Crippen LogP contribution >= 0.6 is 35.3 Å². The van der Waals surface area contributed by atoms with Gasteiger partial charge in [-0.05, 0) is 19.8 Å². The zero-order valence-electron chi connectivity index (χ0n) is 17.2. The predicted molar refractivity (Wildman–Crippen MR) is 128 cm³/mol. The van der Waals surface area contributed by atoms with E-state index in [-0.39, 0.29) is 24.0 Å². The lowest BCUT2D eigenvalue weighted by atomic mass is 10.1. The largest absolute Gasteiger partial charge is 0.367 e. The predicted octanol–water partition coefficient (Wildman–Crippen LogP) is 3.34. The third kappa shape index (κ3) is 6.33. The summed E-state index contributed by atoms with van der Waals surface area (Å²) in [5.74, 6) is 1.34. The molecule has 0 spiro atoms. The van der Waals surface area contributed by atoms with E-state index in [9.17, 15) is 0 Å². The number of aryl methyl sites for hydroxylation is 1. The third-order valence-corrected chi connectivity index (χ3v) is 5.82. The first-order chi connectivity index (χ1) is 13.0. The molecule has 0 saturated carbocycles. The fourth-order valence-electron chi connectivity index (χ4n) is 3.23. The zero-order valence-corrected chi connectivity index (χ0v) is 20.3. The van der Waals surface area contributed by atoms with Gasteiger partial charge < -0.3 is 15.5 Å². The van der Waals surface area contributed by atoms with Crippen LogP contribution < -0.4 is 15.5 Å². The summed E-state index contributed by atoms with van der Waals surface area (Å²) in [5.41, 5.74) is 2.23. The number of nitrogens with one attached hydrogen (secondary N) is 2. The van der Waals surface area contributed by atoms with Gasteiger partial charge in [-0.1, -0.05) is 13.8 Å². The van der Waals surface area contributed by atoms with E-state index in [0.717, 1.165) is 44.1 Å². The Morgan fingerprint density at radius 1 is 1.43 bits per heavy atom. The first-order valence-electron chi connectivity index (χ1n) is 9.78. The van der Waals surface area contributed by atoms with Crippen LogP contribution in [-0.4, -0.2) is 46.4 Å². The number of guanidine groups is 1. The second kappa shape index (κ2) is 11.0. The summed E-state index contributed by atoms with van der Waals surface area (Å²) < 4.78 is 1.86. The van der Waals surface area contributed by atoms with Crippen molar-refractivity contribution in [2.75, 3.05) is 24.5 Å². The van der Waals surface area contributed by atoms with Gasteiger partial charge in [-0.3, -0.25) is 4.68 Å². The van der Waals surface area contributed by atoms with Crippen LogP contribution in [0.5, 0.6) is 0 Å². The lowest BCUT2D eigenvalue weighted by Crippen LogP contribution is -2.51. The Labute approximate surface area is 189 Å². The number of rotatable bonds is 6. The van der Waals surface area contributed by atoms with Crippen LogP contribution in [0.1, 0.15) is 50.2 Å². The molecule has 1 fully saturated rings. The first kappa shape index (κ1) is 22.9. The van der Waals surface area contributed by atoms with E-state index in [4.69, 9.17) is 4.99 Å². The SMILES string of the molecule is CCNC(=NCc1csc(C(C)C)n1)NC1CCCN(c2cnn(C)c2)C1.I. The van der Waals surface area contributed by atoms with E-state index in [0.29, 0.717) is 18.5 Å². The summed E-state index contributed by atoms with van der Waals surface area (Å²) in [6.45, 7) is 9.94. The second-order valence-electron chi connectivity index (χ2n) is 7.33. The molecule has 1 aliphatic rings. The van der Waals surface area contributed by atoms with Crippen molar-refractivity contribution in [3.05, 3.63) is 28.5 Å². The third-order valence-electron chi connectivity index (χ3n) is 4.63. The minimum absolute atomic E-state index is 0. The highest BCUT2D eigenvalue weighted by Crippen LogP contribution is 2.20. The highest BCUT2D eigenvalue weighted by atomic mass is 127. The van der Waals surface area contributed by atoms with Crippen molar-refractivity contribution >= 4 is 47.0 Å². The van der Waals surface area contributed by atoms with Gasteiger partial charge in [0.05, 0.1) is 29.1 Å². The molecule has 3 rings (SSSR count). The van der Waals surface area contributed by atoms with E-state index in [1.54, 1.807) is 11.3 Å². The molecule has 1 aliphatic heterocycles. The molecule has 0 aromatic carbocycles. The van der Waals surface area contributed by atoms with Crippen LogP contribution in [0.4, 0.5) is 5.69 Å². The van der Waals surface area contributed by atoms with E-state index < -0.39 is 0 Å². The van der Waals surface area contributed by atoms with Crippen LogP contribution in [0.3, 0.4) is 0 Å². The molecule has 0 aliphatic carbocycles. The van der Waals surface area contributed by atoms with Gasteiger partial charge in [-0.15, -0.1) is 35.3 Å². The van der Waals surface area contributed by atoms with Crippen molar-refractivity contribution in [1.82, 2.24) is 25.4 Å². The Kier molecular flexibility index (Phi) is 9.00. The van der Waals surface area contributed by atoms with Gasteiger partial charge in [0, 0.05) is 50.2 Å². The maximum absolute atomic E-state index is 4.76. The highest BCUT2D eigenvalue weighted by Gasteiger charge is 2.21. The number of nitrogens with zero attached hydrogens (tertiary/aromatic N) is 5. The number of piperidine rings is 1. The average molecular weight is 517 g/mol. The number of halogens is 1. The lowest BCUT2D eigenvalue weighted by molar-refractivity contribution is 0.468. The average Bonchev–Trinajstić information content (AvgIpc) is 3.29. The standard InChI is InChI=1S/C19H31N7S.HI/c1-5-20-19(21-9-16-13-27-18(23-16)14(2)3)24-15-7-6-8-26(11-15)17-10-22-25(4)12-17;/h10,12-15H,5-9,11H2,1-4H3,(H2,20,21,24);1H. The van der Waals surface area contributed by atoms with Gasteiger partial charge in [0.15, 0.2) is 5.96 Å². The fraction of sp³-hybridized carbons (Fsp3) is 0.632. The van der Waals surface area contributed by atoms with Gasteiger partial charge in [0.25, 0.3) is 0 Å². The molecule has 1 unspecified atom stereocenters. The monoisotopic (exact) mass is 517 g/mol. The summed E-state index contributed by atoms with van der Waals surface area (Å²) in [6.07, 6.45) is 6.33. The van der Waals surface area contributed by atoms with Gasteiger partial charge in [0.2, 0.25) is 0 Å². The highest BCUT2D eigenvalue weighted by molar-refractivity contribution is 14.0.